The van der Waals surface area contributed by atoms with Crippen LogP contribution in [0.1, 0.15) is 0 Å². The van der Waals surface area contributed by atoms with Gasteiger partial charge in [0.2, 0.25) is 0 Å². The summed E-state index contributed by atoms with van der Waals surface area (Å²) in [7, 11) is 0. The van der Waals surface area contributed by atoms with E-state index in [4.69, 9.17) is 0 Å². The molecule has 0 bridgehead atoms. The van der Waals surface area contributed by atoms with Crippen molar-refractivity contribution in [2.75, 3.05) is 4.90 Å². The van der Waals surface area contributed by atoms with E-state index in [-0.39, 0.29) is 0 Å². The first-order valence-electron chi connectivity index (χ1n) is 26.1. The van der Waals surface area contributed by atoms with Crippen LogP contribution in [0.4, 0.5) is 17.1 Å². The minimum atomic E-state index is 1.08. The first-order valence-corrected chi connectivity index (χ1v) is 26.1. The molecule has 0 atom stereocenters. The zero-order valence-corrected chi connectivity index (χ0v) is 41.5. The molecular weight excluding hydrogens is 921 g/mol. The topological polar surface area (TPSA) is 18.0 Å². The summed E-state index contributed by atoms with van der Waals surface area (Å²) in [5.41, 5.74) is 21.0. The first kappa shape index (κ1) is 43.4. The number of fused-ring (bicyclic) bond motifs is 9. The van der Waals surface area contributed by atoms with Gasteiger partial charge in [-0.15, -0.1) is 0 Å². The van der Waals surface area contributed by atoms with E-state index in [1.807, 2.05) is 0 Å². The Morgan fingerprint density at radius 3 is 0.829 bits per heavy atom. The van der Waals surface area contributed by atoms with Gasteiger partial charge in [0.1, 0.15) is 0 Å². The van der Waals surface area contributed by atoms with Gasteiger partial charge in [0.05, 0.1) is 33.1 Å². The summed E-state index contributed by atoms with van der Waals surface area (Å²) in [5.74, 6) is 0. The summed E-state index contributed by atoms with van der Waals surface area (Å²) in [6.45, 7) is 0. The second-order valence-electron chi connectivity index (χ2n) is 19.7. The van der Waals surface area contributed by atoms with E-state index in [2.05, 4.69) is 310 Å². The van der Waals surface area contributed by atoms with Crippen LogP contribution in [0.25, 0.3) is 116 Å². The quantitative estimate of drug-likeness (QED) is 0.141. The normalized spacial score (nSPS) is 11.7. The minimum Gasteiger partial charge on any atom is -0.311 e. The molecular formula is C72H48N4. The molecule has 0 unspecified atom stereocenters. The third-order valence-corrected chi connectivity index (χ3v) is 15.5. The Morgan fingerprint density at radius 1 is 0.184 bits per heavy atom. The van der Waals surface area contributed by atoms with Crippen molar-refractivity contribution in [3.8, 4) is 50.4 Å². The molecule has 0 fully saturated rings. The molecule has 0 aliphatic heterocycles. The molecule has 0 amide bonds. The number of hydrogen-bond acceptors (Lipinski definition) is 1. The number of benzene rings is 12. The highest BCUT2D eigenvalue weighted by Crippen LogP contribution is 2.41. The van der Waals surface area contributed by atoms with Gasteiger partial charge in [0.15, 0.2) is 0 Å². The molecule has 15 rings (SSSR count). The smallest absolute Gasteiger partial charge is 0.0541 e. The summed E-state index contributed by atoms with van der Waals surface area (Å²) in [5, 5.41) is 7.55. The van der Waals surface area contributed by atoms with Crippen molar-refractivity contribution in [3.05, 3.63) is 291 Å². The summed E-state index contributed by atoms with van der Waals surface area (Å²) in [6.07, 6.45) is 0. The van der Waals surface area contributed by atoms with Crippen LogP contribution >= 0.6 is 0 Å². The van der Waals surface area contributed by atoms with E-state index in [1.165, 1.54) is 93.4 Å². The maximum absolute atomic E-state index is 2.38. The maximum Gasteiger partial charge on any atom is 0.0541 e. The molecule has 356 valence electrons. The third-order valence-electron chi connectivity index (χ3n) is 15.5. The van der Waals surface area contributed by atoms with E-state index in [0.29, 0.717) is 0 Å². The van der Waals surface area contributed by atoms with Gasteiger partial charge in [-0.25, -0.2) is 0 Å². The maximum atomic E-state index is 2.38. The van der Waals surface area contributed by atoms with Crippen LogP contribution in [0.5, 0.6) is 0 Å². The number of rotatable bonds is 9. The van der Waals surface area contributed by atoms with E-state index < -0.39 is 0 Å². The van der Waals surface area contributed by atoms with E-state index in [0.717, 1.165) is 39.6 Å². The van der Waals surface area contributed by atoms with Crippen LogP contribution in [-0.4, -0.2) is 13.7 Å². The molecule has 0 N–H and O–H groups in total. The first-order chi connectivity index (χ1) is 37.7. The second-order valence-corrected chi connectivity index (χ2v) is 19.7. The predicted octanol–water partition coefficient (Wildman–Crippen LogP) is 19.4. The van der Waals surface area contributed by atoms with Gasteiger partial charge < -0.3 is 18.6 Å². The highest BCUT2D eigenvalue weighted by atomic mass is 15.1. The Balaban J connectivity index is 0.760. The third kappa shape index (κ3) is 7.14. The molecule has 12 aromatic carbocycles. The lowest BCUT2D eigenvalue weighted by atomic mass is 9.98. The molecule has 4 nitrogen and oxygen atoms in total. The summed E-state index contributed by atoms with van der Waals surface area (Å²) < 4.78 is 7.12. The molecule has 0 aliphatic rings. The lowest BCUT2D eigenvalue weighted by molar-refractivity contribution is 1.17. The zero-order chi connectivity index (χ0) is 50.1. The van der Waals surface area contributed by atoms with Crippen molar-refractivity contribution in [3.63, 3.8) is 0 Å². The highest BCUT2D eigenvalue weighted by Gasteiger charge is 2.18. The van der Waals surface area contributed by atoms with Crippen molar-refractivity contribution in [2.24, 2.45) is 0 Å². The summed E-state index contributed by atoms with van der Waals surface area (Å²) in [6, 6.07) is 106. The number of nitrogens with zero attached hydrogens (tertiary/aromatic N) is 4. The van der Waals surface area contributed by atoms with E-state index in [9.17, 15) is 0 Å². The highest BCUT2D eigenvalue weighted by molar-refractivity contribution is 6.12. The van der Waals surface area contributed by atoms with Gasteiger partial charge >= 0.3 is 0 Å². The van der Waals surface area contributed by atoms with Crippen molar-refractivity contribution < 1.29 is 0 Å². The van der Waals surface area contributed by atoms with Gasteiger partial charge in [-0.3, -0.25) is 0 Å². The Labute approximate surface area is 440 Å². The fourth-order valence-electron chi connectivity index (χ4n) is 11.9. The fraction of sp³-hybridized carbons (Fsp3) is 0. The Bertz CT molecular complexity index is 4530. The van der Waals surface area contributed by atoms with Crippen LogP contribution in [0.3, 0.4) is 0 Å². The Hall–Kier alpha value is -10.2. The van der Waals surface area contributed by atoms with Crippen LogP contribution in [0, 0.1) is 0 Å². The number of para-hydroxylation sites is 6. The van der Waals surface area contributed by atoms with Gasteiger partial charge in [-0.1, -0.05) is 176 Å². The van der Waals surface area contributed by atoms with Crippen molar-refractivity contribution in [2.45, 2.75) is 0 Å². The van der Waals surface area contributed by atoms with Gasteiger partial charge in [-0.2, -0.15) is 0 Å². The SMILES string of the molecule is c1ccc(-n2c3ccccc3c3cc(-c4ccc(-c5ccc(N(c6ccc(-c7ccc(-n8c9ccccc9c9ccccc98)cc7)cc6)c6ccc(-n7c8ccccc8c8ccccc87)cc6)cc5)cc4)ccc32)cc1. The Kier molecular flexibility index (Phi) is 10.2. The van der Waals surface area contributed by atoms with Crippen molar-refractivity contribution in [1.29, 1.82) is 0 Å². The van der Waals surface area contributed by atoms with Crippen LogP contribution in [0.2, 0.25) is 0 Å². The molecule has 0 spiro atoms. The molecule has 3 aromatic heterocycles. The molecule has 0 radical (unpaired) electrons. The fourth-order valence-corrected chi connectivity index (χ4v) is 11.9. The molecule has 3 heterocycles. The number of aromatic nitrogens is 3. The van der Waals surface area contributed by atoms with E-state index in [1.54, 1.807) is 0 Å². The predicted molar refractivity (Wildman–Crippen MR) is 320 cm³/mol. The van der Waals surface area contributed by atoms with Crippen LogP contribution in [-0.2, 0) is 0 Å². The average Bonchev–Trinajstić information content (AvgIpc) is 4.15. The average molecular weight is 969 g/mol. The standard InChI is InChI=1S/C72H48N4/c1-2-14-55(15-3-1)74-71-25-13-8-20-65(71)66-48-54(36-47-72(66)74)53-28-26-49(27-29-53)50-30-37-56(38-31-50)73(58-43-45-60(46-44-58)76-69-23-11-6-18-63(69)64-19-7-12-24-70(64)76)57-39-32-51(33-40-57)52-34-41-59(42-35-52)75-67-21-9-4-16-61(67)62-17-5-10-22-68(62)75/h1-48H. The lowest BCUT2D eigenvalue weighted by Crippen LogP contribution is -2.10. The Morgan fingerprint density at radius 2 is 0.434 bits per heavy atom. The largest absolute Gasteiger partial charge is 0.311 e. The van der Waals surface area contributed by atoms with Crippen LogP contribution < -0.4 is 4.90 Å². The molecule has 76 heavy (non-hydrogen) atoms. The monoisotopic (exact) mass is 968 g/mol. The summed E-state index contributed by atoms with van der Waals surface area (Å²) >= 11 is 0. The van der Waals surface area contributed by atoms with Gasteiger partial charge in [-0.05, 0) is 149 Å². The number of anilines is 3. The number of hydrogen-bond donors (Lipinski definition) is 0. The van der Waals surface area contributed by atoms with Crippen molar-refractivity contribution >= 4 is 82.5 Å². The summed E-state index contributed by atoms with van der Waals surface area (Å²) in [4.78, 5) is 2.36. The van der Waals surface area contributed by atoms with Crippen molar-refractivity contribution in [1.82, 2.24) is 13.7 Å². The van der Waals surface area contributed by atoms with E-state index >= 15 is 0 Å². The minimum absolute atomic E-state index is 1.08. The van der Waals surface area contributed by atoms with Gasteiger partial charge in [0, 0.05) is 66.4 Å². The van der Waals surface area contributed by atoms with Crippen LogP contribution in [0.15, 0.2) is 291 Å². The molecule has 0 aliphatic carbocycles. The molecule has 4 heteroatoms. The zero-order valence-electron chi connectivity index (χ0n) is 41.5. The molecule has 15 aromatic rings. The second kappa shape index (κ2) is 17.8. The molecule has 0 saturated carbocycles. The molecule has 0 saturated heterocycles. The van der Waals surface area contributed by atoms with Gasteiger partial charge in [0.25, 0.3) is 0 Å². The lowest BCUT2D eigenvalue weighted by Gasteiger charge is -2.26.